The maximum Gasteiger partial charge on any atom is 0.335 e. The lowest BCUT2D eigenvalue weighted by atomic mass is 10.1. The van der Waals surface area contributed by atoms with Crippen LogP contribution in [0, 0.1) is 0 Å². The molecule has 0 unspecified atom stereocenters. The van der Waals surface area contributed by atoms with E-state index in [2.05, 4.69) is 4.99 Å². The largest absolute Gasteiger partial charge is 0.488 e. The molecule has 0 bridgehead atoms. The number of aromatic carboxylic acids is 1. The average molecular weight is 507 g/mol. The number of benzene rings is 3. The van der Waals surface area contributed by atoms with Crippen molar-refractivity contribution in [3.8, 4) is 5.75 Å². The predicted molar refractivity (Wildman–Crippen MR) is 140 cm³/mol. The Morgan fingerprint density at radius 1 is 1.09 bits per heavy atom. The van der Waals surface area contributed by atoms with E-state index >= 15 is 0 Å². The van der Waals surface area contributed by atoms with Crippen LogP contribution < -0.4 is 4.74 Å². The molecule has 0 radical (unpaired) electrons. The van der Waals surface area contributed by atoms with E-state index in [0.717, 1.165) is 23.2 Å². The van der Waals surface area contributed by atoms with Gasteiger partial charge in [-0.2, -0.15) is 0 Å². The normalized spacial score (nSPS) is 15.7. The zero-order valence-electron chi connectivity index (χ0n) is 19.0. The number of carboxylic acid groups (broad SMARTS) is 1. The van der Waals surface area contributed by atoms with Crippen LogP contribution in [0.3, 0.4) is 0 Å². The van der Waals surface area contributed by atoms with Crippen LogP contribution >= 0.6 is 23.4 Å². The quantitative estimate of drug-likeness (QED) is 0.347. The number of ether oxygens (including phenoxy) is 1. The number of amidine groups is 1. The van der Waals surface area contributed by atoms with E-state index in [1.54, 1.807) is 41.3 Å². The molecule has 178 valence electrons. The Morgan fingerprint density at radius 3 is 2.49 bits per heavy atom. The van der Waals surface area contributed by atoms with Gasteiger partial charge in [0.15, 0.2) is 5.17 Å². The molecule has 1 aliphatic heterocycles. The first-order valence-electron chi connectivity index (χ1n) is 11.0. The molecule has 0 atom stereocenters. The van der Waals surface area contributed by atoms with Crippen molar-refractivity contribution in [3.63, 3.8) is 0 Å². The number of nitrogens with zero attached hydrogens (tertiary/aromatic N) is 2. The highest BCUT2D eigenvalue weighted by Gasteiger charge is 2.33. The van der Waals surface area contributed by atoms with Crippen LogP contribution in [-0.4, -0.2) is 33.6 Å². The molecule has 8 heteroatoms. The minimum Gasteiger partial charge on any atom is -0.488 e. The summed E-state index contributed by atoms with van der Waals surface area (Å²) in [5.41, 5.74) is 2.57. The van der Waals surface area contributed by atoms with E-state index in [0.29, 0.717) is 27.4 Å². The molecule has 1 N–H and O–H groups in total. The topological polar surface area (TPSA) is 79.2 Å². The van der Waals surface area contributed by atoms with E-state index in [-0.39, 0.29) is 18.1 Å². The number of halogens is 1. The number of carboxylic acids is 1. The Balaban J connectivity index is 1.56. The van der Waals surface area contributed by atoms with Gasteiger partial charge in [0.2, 0.25) is 0 Å². The van der Waals surface area contributed by atoms with Gasteiger partial charge in [-0.25, -0.2) is 9.79 Å². The van der Waals surface area contributed by atoms with Crippen molar-refractivity contribution < 1.29 is 19.4 Å². The highest BCUT2D eigenvalue weighted by molar-refractivity contribution is 8.18. The molecule has 4 rings (SSSR count). The summed E-state index contributed by atoms with van der Waals surface area (Å²) < 4.78 is 6.01. The van der Waals surface area contributed by atoms with E-state index < -0.39 is 5.97 Å². The second-order valence-corrected chi connectivity index (χ2v) is 9.21. The fourth-order valence-electron chi connectivity index (χ4n) is 3.42. The number of rotatable bonds is 8. The summed E-state index contributed by atoms with van der Waals surface area (Å²) in [6.07, 6.45) is 2.63. The zero-order valence-corrected chi connectivity index (χ0v) is 20.6. The van der Waals surface area contributed by atoms with Gasteiger partial charge >= 0.3 is 5.97 Å². The number of thioether (sulfide) groups is 1. The molecule has 1 aliphatic rings. The molecule has 1 heterocycles. The highest BCUT2D eigenvalue weighted by Crippen LogP contribution is 2.36. The monoisotopic (exact) mass is 506 g/mol. The van der Waals surface area contributed by atoms with Gasteiger partial charge in [0.05, 0.1) is 16.2 Å². The lowest BCUT2D eigenvalue weighted by Crippen LogP contribution is -2.29. The van der Waals surface area contributed by atoms with Crippen molar-refractivity contribution in [2.24, 2.45) is 4.99 Å². The molecule has 0 saturated carbocycles. The van der Waals surface area contributed by atoms with Crippen molar-refractivity contribution in [3.05, 3.63) is 99.4 Å². The van der Waals surface area contributed by atoms with E-state index in [4.69, 9.17) is 21.4 Å². The molecule has 3 aromatic rings. The minimum absolute atomic E-state index is 0.0939. The predicted octanol–water partition coefficient (Wildman–Crippen LogP) is 6.63. The van der Waals surface area contributed by atoms with Crippen LogP contribution in [0.2, 0.25) is 5.02 Å². The van der Waals surface area contributed by atoms with Gasteiger partial charge in [-0.05, 0) is 72.3 Å². The second-order valence-electron chi connectivity index (χ2n) is 7.77. The van der Waals surface area contributed by atoms with Gasteiger partial charge in [-0.3, -0.25) is 9.69 Å². The number of carbonyl (C=O) groups is 2. The summed E-state index contributed by atoms with van der Waals surface area (Å²) in [5.74, 6) is -0.436. The van der Waals surface area contributed by atoms with Gasteiger partial charge < -0.3 is 9.84 Å². The smallest absolute Gasteiger partial charge is 0.335 e. The summed E-state index contributed by atoms with van der Waals surface area (Å²) >= 11 is 7.31. The fraction of sp³-hybridized carbons (Fsp3) is 0.148. The van der Waals surface area contributed by atoms with E-state index in [9.17, 15) is 9.59 Å². The Morgan fingerprint density at radius 2 is 1.80 bits per heavy atom. The van der Waals surface area contributed by atoms with Crippen LogP contribution in [0.1, 0.15) is 34.8 Å². The van der Waals surface area contributed by atoms with Crippen molar-refractivity contribution in [1.82, 2.24) is 4.90 Å². The Labute approximate surface area is 212 Å². The van der Waals surface area contributed by atoms with Gasteiger partial charge in [0, 0.05) is 17.1 Å². The van der Waals surface area contributed by atoms with Gasteiger partial charge in [0.25, 0.3) is 5.91 Å². The fourth-order valence-corrected chi connectivity index (χ4v) is 4.56. The molecule has 0 spiro atoms. The molecular formula is C27H23ClN2O4S. The Bertz CT molecular complexity index is 1290. The molecule has 1 saturated heterocycles. The SMILES string of the molecule is CCCN1C(=O)/C(=C/c2ccccc2OCc2ccc(C(=O)O)cc2)SC1=Nc1ccc(Cl)cc1. The minimum atomic E-state index is -0.968. The summed E-state index contributed by atoms with van der Waals surface area (Å²) in [4.78, 5) is 31.2. The van der Waals surface area contributed by atoms with Gasteiger partial charge in [-0.15, -0.1) is 0 Å². The molecule has 0 aromatic heterocycles. The first kappa shape index (κ1) is 24.6. The number of amides is 1. The zero-order chi connectivity index (χ0) is 24.8. The number of hydrogen-bond acceptors (Lipinski definition) is 5. The Hall–Kier alpha value is -3.55. The molecule has 1 amide bonds. The summed E-state index contributed by atoms with van der Waals surface area (Å²) in [5, 5.41) is 10.3. The summed E-state index contributed by atoms with van der Waals surface area (Å²) in [6, 6.07) is 21.2. The third kappa shape index (κ3) is 6.12. The number of hydrogen-bond donors (Lipinski definition) is 1. The number of para-hydroxylation sites is 1. The van der Waals surface area contributed by atoms with Crippen LogP contribution in [0.15, 0.2) is 82.7 Å². The third-order valence-electron chi connectivity index (χ3n) is 5.19. The molecule has 1 fully saturated rings. The molecule has 3 aromatic carbocycles. The van der Waals surface area contributed by atoms with Gasteiger partial charge in [0.1, 0.15) is 12.4 Å². The first-order chi connectivity index (χ1) is 16.9. The van der Waals surface area contributed by atoms with E-state index in [1.165, 1.54) is 11.8 Å². The van der Waals surface area contributed by atoms with E-state index in [1.807, 2.05) is 49.4 Å². The second kappa shape index (κ2) is 11.3. The molecular weight excluding hydrogens is 484 g/mol. The summed E-state index contributed by atoms with van der Waals surface area (Å²) in [7, 11) is 0. The van der Waals surface area contributed by atoms with Crippen molar-refractivity contribution in [2.75, 3.05) is 6.54 Å². The van der Waals surface area contributed by atoms with Crippen LogP contribution in [-0.2, 0) is 11.4 Å². The maximum atomic E-state index is 13.2. The van der Waals surface area contributed by atoms with Crippen molar-refractivity contribution >= 4 is 52.2 Å². The van der Waals surface area contributed by atoms with Crippen molar-refractivity contribution in [2.45, 2.75) is 20.0 Å². The van der Waals surface area contributed by atoms with Gasteiger partial charge in [-0.1, -0.05) is 48.9 Å². The standard InChI is InChI=1S/C27H23ClN2O4S/c1-2-15-30-25(31)24(35-27(30)29-22-13-11-21(28)12-14-22)16-20-5-3-4-6-23(20)34-17-18-7-9-19(10-8-18)26(32)33/h3-14,16H,2,15,17H2,1H3,(H,32,33)/b24-16-,29-27?. The average Bonchev–Trinajstić information content (AvgIpc) is 3.14. The number of carbonyl (C=O) groups excluding carboxylic acids is 1. The van der Waals surface area contributed by atoms with Crippen LogP contribution in [0.5, 0.6) is 5.75 Å². The molecule has 35 heavy (non-hydrogen) atoms. The van der Waals surface area contributed by atoms with Crippen LogP contribution in [0.25, 0.3) is 6.08 Å². The van der Waals surface area contributed by atoms with Crippen molar-refractivity contribution in [1.29, 1.82) is 0 Å². The third-order valence-corrected chi connectivity index (χ3v) is 6.45. The lowest BCUT2D eigenvalue weighted by molar-refractivity contribution is -0.122. The first-order valence-corrected chi connectivity index (χ1v) is 12.2. The highest BCUT2D eigenvalue weighted by atomic mass is 35.5. The molecule has 0 aliphatic carbocycles. The molecule has 6 nitrogen and oxygen atoms in total. The lowest BCUT2D eigenvalue weighted by Gasteiger charge is -2.14. The Kier molecular flexibility index (Phi) is 7.90. The maximum absolute atomic E-state index is 13.2. The number of aliphatic imine (C=N–C) groups is 1. The summed E-state index contributed by atoms with van der Waals surface area (Å²) in [6.45, 7) is 2.86. The van der Waals surface area contributed by atoms with Crippen LogP contribution in [0.4, 0.5) is 5.69 Å².